The van der Waals surface area contributed by atoms with Gasteiger partial charge in [0.05, 0.1) is 28.9 Å². The molecule has 158 valence electrons. The first-order chi connectivity index (χ1) is 14.1. The predicted octanol–water partition coefficient (Wildman–Crippen LogP) is 4.55. The van der Waals surface area contributed by atoms with E-state index in [1.54, 1.807) is 31.2 Å². The highest BCUT2D eigenvalue weighted by Gasteiger charge is 2.30. The summed E-state index contributed by atoms with van der Waals surface area (Å²) in [6, 6.07) is 9.57. The molecule has 30 heavy (non-hydrogen) atoms. The van der Waals surface area contributed by atoms with Gasteiger partial charge in [-0.05, 0) is 56.3 Å². The molecule has 0 aliphatic rings. The maximum atomic E-state index is 12.8. The molecule has 1 aromatic heterocycles. The molecule has 0 saturated heterocycles. The topological polar surface area (TPSA) is 81.5 Å². The number of hydrogen-bond donors (Lipinski definition) is 1. The first kappa shape index (κ1) is 21.5. The third-order valence-corrected chi connectivity index (χ3v) is 4.25. The van der Waals surface area contributed by atoms with Crippen molar-refractivity contribution < 1.29 is 32.5 Å². The first-order valence-corrected chi connectivity index (χ1v) is 9.08. The fraction of sp³-hybridized carbons (Fsp3) is 0.286. The van der Waals surface area contributed by atoms with Gasteiger partial charge in [-0.1, -0.05) is 0 Å². The van der Waals surface area contributed by atoms with Gasteiger partial charge in [0.15, 0.2) is 0 Å². The van der Waals surface area contributed by atoms with Gasteiger partial charge in [-0.25, -0.2) is 9.97 Å². The molecule has 0 amide bonds. The van der Waals surface area contributed by atoms with Crippen LogP contribution in [0.5, 0.6) is 17.4 Å². The van der Waals surface area contributed by atoms with Crippen molar-refractivity contribution in [1.82, 2.24) is 9.97 Å². The molecule has 0 bridgehead atoms. The first-order valence-electron chi connectivity index (χ1n) is 9.08. The lowest BCUT2D eigenvalue weighted by Crippen LogP contribution is -2.30. The van der Waals surface area contributed by atoms with Crippen LogP contribution >= 0.6 is 0 Å². The van der Waals surface area contributed by atoms with E-state index in [0.29, 0.717) is 11.5 Å². The van der Waals surface area contributed by atoms with Gasteiger partial charge in [0.2, 0.25) is 5.88 Å². The Labute approximate surface area is 170 Å². The Balaban J connectivity index is 1.67. The molecule has 0 spiro atoms. The summed E-state index contributed by atoms with van der Waals surface area (Å²) in [6.45, 7) is 3.06. The summed E-state index contributed by atoms with van der Waals surface area (Å²) in [7, 11) is 0. The number of hydrogen-bond acceptors (Lipinski definition) is 6. The van der Waals surface area contributed by atoms with Crippen molar-refractivity contribution >= 4 is 16.8 Å². The highest BCUT2D eigenvalue weighted by Crippen LogP contribution is 2.31. The smallest absolute Gasteiger partial charge is 0.416 e. The maximum Gasteiger partial charge on any atom is 0.416 e. The molecular formula is C21H19F3N2O4. The number of carbonyl (C=O) groups excluding carboxylic acids is 1. The number of fused-ring (bicyclic) bond motifs is 1. The molecule has 2 atom stereocenters. The van der Waals surface area contributed by atoms with Gasteiger partial charge in [0.25, 0.3) is 0 Å². The zero-order chi connectivity index (χ0) is 21.9. The molecule has 3 rings (SSSR count). The lowest BCUT2D eigenvalue weighted by molar-refractivity contribution is -0.137. The zero-order valence-corrected chi connectivity index (χ0v) is 16.2. The molecule has 0 saturated carbocycles. The van der Waals surface area contributed by atoms with Crippen LogP contribution in [0.2, 0.25) is 0 Å². The van der Waals surface area contributed by atoms with Crippen LogP contribution in [0.15, 0.2) is 48.7 Å². The molecule has 0 fully saturated rings. The van der Waals surface area contributed by atoms with Gasteiger partial charge in [0, 0.05) is 6.42 Å². The standard InChI is InChI=1S/C21H19F3N2O4/c1-12(27)9-19(28)13(2)29-15-4-6-16(7-5-15)30-20-11-25-18-10-14(21(22,23)24)3-8-17(18)26-20/h3-8,10-11,13,19,28H,9H2,1-2H3. The fourth-order valence-corrected chi connectivity index (χ4v) is 2.68. The van der Waals surface area contributed by atoms with Crippen LogP contribution < -0.4 is 9.47 Å². The number of benzene rings is 2. The number of aliphatic hydroxyl groups excluding tert-OH is 1. The van der Waals surface area contributed by atoms with Crippen molar-refractivity contribution in [3.63, 3.8) is 0 Å². The fourth-order valence-electron chi connectivity index (χ4n) is 2.68. The number of aromatic nitrogens is 2. The number of Topliss-reactive ketones (excluding diaryl/α,β-unsaturated/α-hetero) is 1. The van der Waals surface area contributed by atoms with Gasteiger partial charge < -0.3 is 14.6 Å². The Bertz CT molecular complexity index is 1040. The molecule has 2 aromatic carbocycles. The largest absolute Gasteiger partial charge is 0.488 e. The van der Waals surface area contributed by atoms with Gasteiger partial charge in [-0.15, -0.1) is 0 Å². The number of carbonyl (C=O) groups is 1. The lowest BCUT2D eigenvalue weighted by atomic mass is 10.1. The van der Waals surface area contributed by atoms with E-state index in [1.807, 2.05) is 0 Å². The summed E-state index contributed by atoms with van der Waals surface area (Å²) in [5.74, 6) is 0.885. The summed E-state index contributed by atoms with van der Waals surface area (Å²) in [4.78, 5) is 19.2. The second-order valence-corrected chi connectivity index (χ2v) is 6.78. The summed E-state index contributed by atoms with van der Waals surface area (Å²) in [5.41, 5.74) is -0.413. The minimum atomic E-state index is -4.45. The third-order valence-electron chi connectivity index (χ3n) is 4.25. The summed E-state index contributed by atoms with van der Waals surface area (Å²) in [6.07, 6.45) is -4.69. The average molecular weight is 420 g/mol. The van der Waals surface area contributed by atoms with E-state index in [1.165, 1.54) is 19.2 Å². The van der Waals surface area contributed by atoms with Crippen LogP contribution in [0.1, 0.15) is 25.8 Å². The van der Waals surface area contributed by atoms with Crippen LogP contribution in [0.3, 0.4) is 0 Å². The minimum absolute atomic E-state index is 0.00740. The molecule has 1 heterocycles. The van der Waals surface area contributed by atoms with E-state index in [0.717, 1.165) is 12.1 Å². The molecule has 0 radical (unpaired) electrons. The number of ether oxygens (including phenoxy) is 2. The Morgan fingerprint density at radius 2 is 1.77 bits per heavy atom. The molecule has 9 heteroatoms. The Kier molecular flexibility index (Phi) is 6.21. The second-order valence-electron chi connectivity index (χ2n) is 6.78. The van der Waals surface area contributed by atoms with E-state index in [2.05, 4.69) is 9.97 Å². The van der Waals surface area contributed by atoms with Gasteiger partial charge in [-0.2, -0.15) is 13.2 Å². The van der Waals surface area contributed by atoms with E-state index in [9.17, 15) is 23.1 Å². The van der Waals surface area contributed by atoms with Crippen molar-refractivity contribution in [3.8, 4) is 17.4 Å². The number of alkyl halides is 3. The Morgan fingerprint density at radius 3 is 2.40 bits per heavy atom. The van der Waals surface area contributed by atoms with Crippen LogP contribution in [0, 0.1) is 0 Å². The molecular weight excluding hydrogens is 401 g/mol. The van der Waals surface area contributed by atoms with Gasteiger partial charge >= 0.3 is 6.18 Å². The normalized spacial score (nSPS) is 13.7. The number of aliphatic hydroxyl groups is 1. The third kappa shape index (κ3) is 5.44. The van der Waals surface area contributed by atoms with Gasteiger partial charge in [0.1, 0.15) is 23.4 Å². The van der Waals surface area contributed by atoms with Crippen molar-refractivity contribution in [1.29, 1.82) is 0 Å². The molecule has 0 aliphatic carbocycles. The maximum absolute atomic E-state index is 12.8. The average Bonchev–Trinajstić information content (AvgIpc) is 2.67. The Hall–Kier alpha value is -3.20. The minimum Gasteiger partial charge on any atom is -0.488 e. The van der Waals surface area contributed by atoms with Crippen molar-refractivity contribution in [2.45, 2.75) is 38.7 Å². The predicted molar refractivity (Wildman–Crippen MR) is 102 cm³/mol. The summed E-state index contributed by atoms with van der Waals surface area (Å²) >= 11 is 0. The second kappa shape index (κ2) is 8.66. The highest BCUT2D eigenvalue weighted by atomic mass is 19.4. The molecule has 3 aromatic rings. The van der Waals surface area contributed by atoms with Crippen LogP contribution in [0.25, 0.3) is 11.0 Å². The molecule has 6 nitrogen and oxygen atoms in total. The quantitative estimate of drug-likeness (QED) is 0.604. The zero-order valence-electron chi connectivity index (χ0n) is 16.2. The molecule has 0 aliphatic heterocycles. The van der Waals surface area contributed by atoms with E-state index >= 15 is 0 Å². The van der Waals surface area contributed by atoms with E-state index in [4.69, 9.17) is 9.47 Å². The van der Waals surface area contributed by atoms with Crippen LogP contribution in [-0.4, -0.2) is 33.1 Å². The van der Waals surface area contributed by atoms with Crippen molar-refractivity contribution in [2.24, 2.45) is 0 Å². The van der Waals surface area contributed by atoms with Crippen LogP contribution in [-0.2, 0) is 11.0 Å². The summed E-state index contributed by atoms with van der Waals surface area (Å²) in [5, 5.41) is 9.90. The monoisotopic (exact) mass is 420 g/mol. The van der Waals surface area contributed by atoms with E-state index < -0.39 is 23.9 Å². The molecule has 1 N–H and O–H groups in total. The highest BCUT2D eigenvalue weighted by molar-refractivity contribution is 5.76. The van der Waals surface area contributed by atoms with Crippen molar-refractivity contribution in [3.05, 3.63) is 54.2 Å². The number of rotatable bonds is 7. The van der Waals surface area contributed by atoms with Crippen LogP contribution in [0.4, 0.5) is 13.2 Å². The summed E-state index contributed by atoms with van der Waals surface area (Å²) < 4.78 is 49.5. The number of nitrogens with zero attached hydrogens (tertiary/aromatic N) is 2. The van der Waals surface area contributed by atoms with E-state index in [-0.39, 0.29) is 29.1 Å². The SMILES string of the molecule is CC(=O)CC(O)C(C)Oc1ccc(Oc2cnc3cc(C(F)(F)F)ccc3n2)cc1. The van der Waals surface area contributed by atoms with Crippen molar-refractivity contribution in [2.75, 3.05) is 0 Å². The number of ketones is 1. The lowest BCUT2D eigenvalue weighted by Gasteiger charge is -2.19. The Morgan fingerprint density at radius 1 is 1.10 bits per heavy atom. The van der Waals surface area contributed by atoms with Gasteiger partial charge in [-0.3, -0.25) is 4.79 Å². The molecule has 2 unspecified atom stereocenters. The number of halogens is 3.